The fraction of sp³-hybridized carbons (Fsp3) is 0.478. The van der Waals surface area contributed by atoms with E-state index in [1.165, 1.54) is 27.7 Å². The van der Waals surface area contributed by atoms with Crippen molar-refractivity contribution in [1.29, 1.82) is 5.41 Å². The van der Waals surface area contributed by atoms with Crippen LogP contribution in [0.5, 0.6) is 0 Å². The summed E-state index contributed by atoms with van der Waals surface area (Å²) in [5.74, 6) is -6.85. The molecule has 2 aromatic rings. The zero-order valence-corrected chi connectivity index (χ0v) is 40.2. The Morgan fingerprint density at radius 1 is 0.588 bits per heavy atom. The average molecular weight is 1010 g/mol. The minimum absolute atomic E-state index is 0.000103. The smallest absolute Gasteiger partial charge is 0.303 e. The van der Waals surface area contributed by atoms with Crippen LogP contribution in [0.2, 0.25) is 0 Å². The lowest BCUT2D eigenvalue weighted by Gasteiger charge is -2.52. The number of alkyl halides is 3. The SMILES string of the molecule is CC(=O)OC[C@H]1O[C@@H](O[C@H]2[C@H](OCc3ccccc3)[C@@H](N3C(=O)C(C)=C(C)C3=O)[C@H](OC(=N)C(Cl)(Cl)Cl)O[C@@H]2COCc2ccccc2)[C@H](N2C(=O)C(C)=C(C)C2=O)[C@@H](OC(C)=O)[C@@H]1OC(C)=O. The van der Waals surface area contributed by atoms with Crippen molar-refractivity contribution in [2.75, 3.05) is 13.2 Å². The topological polar surface area (TPSA) is 233 Å². The van der Waals surface area contributed by atoms with E-state index in [2.05, 4.69) is 0 Å². The molecule has 0 spiro atoms. The van der Waals surface area contributed by atoms with Crippen LogP contribution in [0, 0.1) is 5.41 Å². The molecule has 6 rings (SSSR count). The Labute approximate surface area is 406 Å². The fourth-order valence-electron chi connectivity index (χ4n) is 8.08. The van der Waals surface area contributed by atoms with Gasteiger partial charge in [0.25, 0.3) is 27.4 Å². The Morgan fingerprint density at radius 2 is 1.03 bits per heavy atom. The van der Waals surface area contributed by atoms with Crippen LogP contribution >= 0.6 is 34.8 Å². The number of hydrogen-bond acceptors (Lipinski definition) is 17. The van der Waals surface area contributed by atoms with Crippen molar-refractivity contribution in [3.63, 3.8) is 0 Å². The predicted octanol–water partition coefficient (Wildman–Crippen LogP) is 4.56. The maximum absolute atomic E-state index is 14.2. The third kappa shape index (κ3) is 11.6. The molecule has 0 saturated carbocycles. The first-order valence-electron chi connectivity index (χ1n) is 21.2. The number of nitrogens with zero attached hydrogens (tertiary/aromatic N) is 2. The van der Waals surface area contributed by atoms with Crippen LogP contribution in [0.4, 0.5) is 0 Å². The largest absolute Gasteiger partial charge is 0.463 e. The van der Waals surface area contributed by atoms with E-state index in [0.717, 1.165) is 36.1 Å². The van der Waals surface area contributed by atoms with Crippen molar-refractivity contribution in [1.82, 2.24) is 9.80 Å². The fourth-order valence-corrected chi connectivity index (χ4v) is 8.21. The second-order valence-electron chi connectivity index (χ2n) is 16.3. The van der Waals surface area contributed by atoms with E-state index in [1.54, 1.807) is 54.6 Å². The summed E-state index contributed by atoms with van der Waals surface area (Å²) in [5.41, 5.74) is 1.51. The van der Waals surface area contributed by atoms with Crippen molar-refractivity contribution >= 4 is 82.2 Å². The minimum Gasteiger partial charge on any atom is -0.463 e. The van der Waals surface area contributed by atoms with Crippen molar-refractivity contribution in [3.05, 3.63) is 94.1 Å². The predicted molar refractivity (Wildman–Crippen MR) is 238 cm³/mol. The zero-order chi connectivity index (χ0) is 49.8. The molecule has 4 amide bonds. The molecular weight excluding hydrogens is 957 g/mol. The first-order chi connectivity index (χ1) is 32.1. The molecule has 366 valence electrons. The molecule has 2 aromatic carbocycles. The zero-order valence-electron chi connectivity index (χ0n) is 37.9. The van der Waals surface area contributed by atoms with Crippen molar-refractivity contribution < 1.29 is 76.2 Å². The summed E-state index contributed by atoms with van der Waals surface area (Å²) in [5, 5.41) is 8.61. The van der Waals surface area contributed by atoms with Crippen LogP contribution < -0.4 is 0 Å². The highest BCUT2D eigenvalue weighted by Gasteiger charge is 2.61. The van der Waals surface area contributed by atoms with Crippen LogP contribution in [-0.2, 0) is 89.4 Å². The van der Waals surface area contributed by atoms with E-state index in [4.69, 9.17) is 82.8 Å². The van der Waals surface area contributed by atoms with Gasteiger partial charge in [-0.2, -0.15) is 0 Å². The lowest BCUT2D eigenvalue weighted by molar-refractivity contribution is -0.342. The van der Waals surface area contributed by atoms with Gasteiger partial charge in [-0.05, 0) is 38.8 Å². The number of benzene rings is 2. The summed E-state index contributed by atoms with van der Waals surface area (Å²) >= 11 is 18.4. The number of hydrogen-bond donors (Lipinski definition) is 1. The summed E-state index contributed by atoms with van der Waals surface area (Å²) in [6.07, 6.45) is -13.3. The summed E-state index contributed by atoms with van der Waals surface area (Å²) < 4.78 is 53.2. The summed E-state index contributed by atoms with van der Waals surface area (Å²) in [4.78, 5) is 96.3. The highest BCUT2D eigenvalue weighted by Crippen LogP contribution is 2.41. The molecule has 0 radical (unpaired) electrons. The molecule has 0 aromatic heterocycles. The lowest BCUT2D eigenvalue weighted by atomic mass is 9.92. The highest BCUT2D eigenvalue weighted by molar-refractivity contribution is 6.76. The normalized spacial score (nSPS) is 27.7. The quantitative estimate of drug-likeness (QED) is 0.0606. The van der Waals surface area contributed by atoms with Gasteiger partial charge in [-0.3, -0.25) is 48.8 Å². The molecule has 0 bridgehead atoms. The molecule has 10 atom stereocenters. The second kappa shape index (κ2) is 22.0. The standard InChI is InChI=1S/C46H50Cl3N3O16/c1-22-23(2)40(57)51(39(22)56)33-37(62-19-30-16-12-9-13-17-30)35(31(20-60-18-29-14-10-8-11-15-29)65-44(33)68-45(50)46(47,48)49)67-43-34(52-41(58)24(3)25(4)42(52)59)38(64-28(7)55)36(63-27(6)54)32(66-43)21-61-26(5)53/h8-17,31-38,43-44,50H,18-21H2,1-7H3/t31-,32-,33-,34-,35-,36-,37-,38-,43+,44+/m1/s1. The number of nitrogens with one attached hydrogen (secondary N) is 1. The van der Waals surface area contributed by atoms with E-state index in [-0.39, 0.29) is 35.5 Å². The van der Waals surface area contributed by atoms with Crippen LogP contribution in [0.3, 0.4) is 0 Å². The third-order valence-electron chi connectivity index (χ3n) is 11.6. The molecule has 2 saturated heterocycles. The van der Waals surface area contributed by atoms with Gasteiger partial charge in [0.15, 0.2) is 18.5 Å². The van der Waals surface area contributed by atoms with E-state index >= 15 is 0 Å². The van der Waals surface area contributed by atoms with Gasteiger partial charge >= 0.3 is 17.9 Å². The maximum atomic E-state index is 14.2. The third-order valence-corrected chi connectivity index (χ3v) is 12.1. The molecule has 4 aliphatic rings. The van der Waals surface area contributed by atoms with E-state index in [1.807, 2.05) is 6.07 Å². The Balaban J connectivity index is 1.56. The number of halogens is 3. The number of amides is 4. The van der Waals surface area contributed by atoms with Crippen LogP contribution in [0.15, 0.2) is 83.0 Å². The molecule has 4 heterocycles. The van der Waals surface area contributed by atoms with Crippen LogP contribution in [0.1, 0.15) is 59.6 Å². The number of carbonyl (C=O) groups excluding carboxylic acids is 7. The Kier molecular flexibility index (Phi) is 16.9. The first kappa shape index (κ1) is 52.1. The van der Waals surface area contributed by atoms with Gasteiger partial charge in [0.1, 0.15) is 43.1 Å². The summed E-state index contributed by atoms with van der Waals surface area (Å²) in [7, 11) is 0. The number of rotatable bonds is 16. The molecular formula is C46H50Cl3N3O16. The van der Waals surface area contributed by atoms with Crippen LogP contribution in [0.25, 0.3) is 0 Å². The van der Waals surface area contributed by atoms with Gasteiger partial charge in [-0.15, -0.1) is 0 Å². The molecule has 0 aliphatic carbocycles. The van der Waals surface area contributed by atoms with E-state index < -0.39 is 126 Å². The number of carbonyl (C=O) groups is 7. The Morgan fingerprint density at radius 3 is 1.50 bits per heavy atom. The molecule has 0 unspecified atom stereocenters. The van der Waals surface area contributed by atoms with Gasteiger partial charge in [0.05, 0.1) is 19.8 Å². The molecule has 1 N–H and O–H groups in total. The van der Waals surface area contributed by atoms with Gasteiger partial charge in [0, 0.05) is 43.1 Å². The highest BCUT2D eigenvalue weighted by atomic mass is 35.6. The molecule has 19 nitrogen and oxygen atoms in total. The number of ether oxygens (including phenoxy) is 9. The maximum Gasteiger partial charge on any atom is 0.303 e. The van der Waals surface area contributed by atoms with Gasteiger partial charge in [-0.1, -0.05) is 95.5 Å². The minimum atomic E-state index is -2.48. The molecule has 4 aliphatic heterocycles. The summed E-state index contributed by atoms with van der Waals surface area (Å²) in [6, 6.07) is 14.3. The molecule has 68 heavy (non-hydrogen) atoms. The van der Waals surface area contributed by atoms with Crippen molar-refractivity contribution in [2.45, 2.75) is 127 Å². The Bertz CT molecular complexity index is 2310. The number of esters is 3. The lowest BCUT2D eigenvalue weighted by Crippen LogP contribution is -2.71. The second-order valence-corrected chi connectivity index (χ2v) is 18.6. The average Bonchev–Trinajstić information content (AvgIpc) is 3.59. The molecule has 2 fully saturated rings. The first-order valence-corrected chi connectivity index (χ1v) is 22.4. The van der Waals surface area contributed by atoms with Crippen LogP contribution in [-0.4, -0.2) is 136 Å². The number of imide groups is 2. The summed E-state index contributed by atoms with van der Waals surface area (Å²) in [6.45, 7) is 7.65. The van der Waals surface area contributed by atoms with Gasteiger partial charge in [0.2, 0.25) is 12.2 Å². The van der Waals surface area contributed by atoms with Crippen molar-refractivity contribution in [3.8, 4) is 0 Å². The van der Waals surface area contributed by atoms with E-state index in [0.29, 0.717) is 5.56 Å². The van der Waals surface area contributed by atoms with E-state index in [9.17, 15) is 33.6 Å². The van der Waals surface area contributed by atoms with Gasteiger partial charge in [-0.25, -0.2) is 0 Å². The molecule has 22 heteroatoms. The van der Waals surface area contributed by atoms with Gasteiger partial charge < -0.3 is 42.6 Å². The Hall–Kier alpha value is -5.25. The monoisotopic (exact) mass is 1010 g/mol. The van der Waals surface area contributed by atoms with Crippen molar-refractivity contribution in [2.24, 2.45) is 0 Å².